The van der Waals surface area contributed by atoms with E-state index in [0.29, 0.717) is 6.54 Å². The van der Waals surface area contributed by atoms with Gasteiger partial charge in [0, 0.05) is 49.3 Å². The summed E-state index contributed by atoms with van der Waals surface area (Å²) in [6.45, 7) is 14.5. The lowest BCUT2D eigenvalue weighted by atomic mass is 10.1. The Bertz CT molecular complexity index is 871. The topological polar surface area (TPSA) is 21.8 Å². The van der Waals surface area contributed by atoms with Gasteiger partial charge < -0.3 is 9.91 Å². The molecule has 0 aromatic heterocycles. The number of hydrazine groups is 1. The van der Waals surface area contributed by atoms with Crippen molar-refractivity contribution in [3.05, 3.63) is 66.6 Å². The molecule has 0 saturated carbocycles. The maximum atomic E-state index is 14.5. The van der Waals surface area contributed by atoms with E-state index < -0.39 is 0 Å². The second-order valence-electron chi connectivity index (χ2n) is 8.58. The number of likely N-dealkylation sites (N-methyl/N-ethyl adjacent to an activating group) is 1. The molecular weight excluding hydrogens is 419 g/mol. The third kappa shape index (κ3) is 6.27. The first kappa shape index (κ1) is 24.6. The lowest BCUT2D eigenvalue weighted by Gasteiger charge is -2.32. The summed E-state index contributed by atoms with van der Waals surface area (Å²) >= 11 is 1.78. The van der Waals surface area contributed by atoms with E-state index >= 15 is 0 Å². The second-order valence-corrected chi connectivity index (χ2v) is 9.43. The number of nitrogens with zero attached hydrogens (tertiary/aromatic N) is 3. The molecule has 2 aliphatic heterocycles. The van der Waals surface area contributed by atoms with Crippen LogP contribution in [0, 0.1) is 0 Å². The van der Waals surface area contributed by atoms with Crippen molar-refractivity contribution in [3.8, 4) is 0 Å². The predicted molar refractivity (Wildman–Crippen MR) is 138 cm³/mol. The number of nitrogens with one attached hydrogen (secondary N) is 1. The van der Waals surface area contributed by atoms with E-state index in [1.165, 1.54) is 29.8 Å². The second kappa shape index (κ2) is 11.7. The zero-order chi connectivity index (χ0) is 23.1. The fourth-order valence-corrected chi connectivity index (χ4v) is 4.70. The molecule has 4 nitrogen and oxygen atoms in total. The van der Waals surface area contributed by atoms with Crippen LogP contribution in [0.2, 0.25) is 0 Å². The van der Waals surface area contributed by atoms with Crippen LogP contribution in [0.5, 0.6) is 0 Å². The van der Waals surface area contributed by atoms with Gasteiger partial charge in [0.2, 0.25) is 0 Å². The van der Waals surface area contributed by atoms with Crippen LogP contribution in [0.4, 0.5) is 15.8 Å². The minimum atomic E-state index is -0.243. The average molecular weight is 457 g/mol. The minimum absolute atomic E-state index is 0.00117. The highest BCUT2D eigenvalue weighted by molar-refractivity contribution is 7.98. The van der Waals surface area contributed by atoms with Crippen molar-refractivity contribution in [2.24, 2.45) is 0 Å². The van der Waals surface area contributed by atoms with Gasteiger partial charge in [-0.3, -0.25) is 4.90 Å². The Balaban J connectivity index is 1.95. The highest BCUT2D eigenvalue weighted by atomic mass is 32.2. The van der Waals surface area contributed by atoms with Crippen LogP contribution >= 0.6 is 11.8 Å². The van der Waals surface area contributed by atoms with E-state index in [0.717, 1.165) is 43.0 Å². The molecule has 1 atom stereocenters. The molecule has 32 heavy (non-hydrogen) atoms. The molecule has 2 heterocycles. The summed E-state index contributed by atoms with van der Waals surface area (Å²) in [5.41, 5.74) is 7.59. The first-order chi connectivity index (χ1) is 15.4. The molecule has 2 aliphatic rings. The van der Waals surface area contributed by atoms with Crippen molar-refractivity contribution in [1.29, 1.82) is 0 Å². The maximum Gasteiger partial charge on any atom is 0.121 e. The zero-order valence-electron chi connectivity index (χ0n) is 19.7. The van der Waals surface area contributed by atoms with E-state index in [4.69, 9.17) is 0 Å². The summed E-state index contributed by atoms with van der Waals surface area (Å²) in [7, 11) is 2.04. The lowest BCUT2D eigenvalue weighted by molar-refractivity contribution is 0.300. The number of hydrogen-bond acceptors (Lipinski definition) is 5. The van der Waals surface area contributed by atoms with Gasteiger partial charge in [0.25, 0.3) is 0 Å². The first-order valence-electron chi connectivity index (χ1n) is 11.5. The van der Waals surface area contributed by atoms with Crippen LogP contribution in [-0.2, 0) is 0 Å². The van der Waals surface area contributed by atoms with Gasteiger partial charge in [-0.25, -0.2) is 9.82 Å². The minimum Gasteiger partial charge on any atom is -0.366 e. The molecule has 1 saturated heterocycles. The number of rotatable bonds is 4. The fourth-order valence-electron chi connectivity index (χ4n) is 4.12. The van der Waals surface area contributed by atoms with Gasteiger partial charge in [0.05, 0.1) is 5.69 Å². The number of allylic oxidation sites excluding steroid dienone is 3. The van der Waals surface area contributed by atoms with Crippen molar-refractivity contribution >= 4 is 23.1 Å². The summed E-state index contributed by atoms with van der Waals surface area (Å²) in [5, 5.41) is 2.31. The molecule has 1 aromatic rings. The maximum absolute atomic E-state index is 14.5. The fraction of sp³-hybridized carbons (Fsp3) is 0.462. The zero-order valence-corrected chi connectivity index (χ0v) is 20.6. The molecule has 174 valence electrons. The smallest absolute Gasteiger partial charge is 0.121 e. The molecule has 0 amide bonds. The van der Waals surface area contributed by atoms with Crippen molar-refractivity contribution in [1.82, 2.24) is 10.3 Å². The molecule has 1 fully saturated rings. The van der Waals surface area contributed by atoms with Crippen LogP contribution in [0.15, 0.2) is 71.5 Å². The average Bonchev–Trinajstić information content (AvgIpc) is 3.08. The normalized spacial score (nSPS) is 25.2. The molecule has 1 N–H and O–H groups in total. The monoisotopic (exact) mass is 456 g/mol. The molecule has 0 radical (unpaired) electrons. The Morgan fingerprint density at radius 2 is 2.00 bits per heavy atom. The summed E-state index contributed by atoms with van der Waals surface area (Å²) < 4.78 is 14.5. The number of thioether (sulfide) groups is 1. The van der Waals surface area contributed by atoms with Crippen LogP contribution in [0.1, 0.15) is 26.2 Å². The Hall–Kier alpha value is -2.02. The number of hydrogen-bond donors (Lipinski definition) is 1. The van der Waals surface area contributed by atoms with Gasteiger partial charge in [0.1, 0.15) is 5.83 Å². The SMILES string of the molecule is C=C/C1=C\C(F)=C/C(C)N(C)CCN(c2ccc(SC)c(N3CCCCCN3)c2)CC1=C. The van der Waals surface area contributed by atoms with Gasteiger partial charge in [-0.15, -0.1) is 11.8 Å². The summed E-state index contributed by atoms with van der Waals surface area (Å²) in [6, 6.07) is 6.70. The van der Waals surface area contributed by atoms with E-state index in [2.05, 4.69) is 57.8 Å². The lowest BCUT2D eigenvalue weighted by Crippen LogP contribution is -2.39. The summed E-state index contributed by atoms with van der Waals surface area (Å²) in [5.74, 6) is -0.243. The van der Waals surface area contributed by atoms with Gasteiger partial charge >= 0.3 is 0 Å². The summed E-state index contributed by atoms with van der Waals surface area (Å²) in [6.07, 6.45) is 10.7. The quantitative estimate of drug-likeness (QED) is 0.597. The van der Waals surface area contributed by atoms with Gasteiger partial charge in [-0.05, 0) is 74.6 Å². The van der Waals surface area contributed by atoms with Crippen molar-refractivity contribution < 1.29 is 4.39 Å². The van der Waals surface area contributed by atoms with Crippen molar-refractivity contribution in [3.63, 3.8) is 0 Å². The van der Waals surface area contributed by atoms with Gasteiger partial charge in [-0.1, -0.05) is 25.7 Å². The Kier molecular flexibility index (Phi) is 9.02. The van der Waals surface area contributed by atoms with E-state index in [1.54, 1.807) is 30.0 Å². The molecule has 3 rings (SSSR count). The first-order valence-corrected chi connectivity index (χ1v) is 12.7. The Labute approximate surface area is 197 Å². The third-order valence-electron chi connectivity index (χ3n) is 6.30. The summed E-state index contributed by atoms with van der Waals surface area (Å²) in [4.78, 5) is 5.79. The van der Waals surface area contributed by atoms with E-state index in [9.17, 15) is 4.39 Å². The van der Waals surface area contributed by atoms with Gasteiger partial charge in [-0.2, -0.15) is 0 Å². The van der Waals surface area contributed by atoms with Crippen molar-refractivity contribution in [2.45, 2.75) is 37.1 Å². The Morgan fingerprint density at radius 3 is 2.75 bits per heavy atom. The van der Waals surface area contributed by atoms with Crippen LogP contribution in [-0.4, -0.2) is 57.0 Å². The molecule has 1 unspecified atom stereocenters. The van der Waals surface area contributed by atoms with Crippen LogP contribution < -0.4 is 15.3 Å². The van der Waals surface area contributed by atoms with E-state index in [-0.39, 0.29) is 11.9 Å². The molecule has 0 aliphatic carbocycles. The Morgan fingerprint density at radius 1 is 1.19 bits per heavy atom. The van der Waals surface area contributed by atoms with Crippen LogP contribution in [0.3, 0.4) is 0 Å². The highest BCUT2D eigenvalue weighted by Crippen LogP contribution is 2.33. The number of benzene rings is 1. The third-order valence-corrected chi connectivity index (χ3v) is 7.09. The molecule has 0 bridgehead atoms. The van der Waals surface area contributed by atoms with Crippen molar-refractivity contribution in [2.75, 3.05) is 55.9 Å². The molecule has 0 spiro atoms. The largest absolute Gasteiger partial charge is 0.366 e. The van der Waals surface area contributed by atoms with E-state index in [1.807, 2.05) is 14.0 Å². The standard InChI is InChI=1S/C26H37FN4S/c1-6-22-17-23(27)16-21(3)29(4)14-15-30(19-20(22)2)24-10-11-26(32-5)25(18-24)31-13-9-7-8-12-28-31/h6,10-11,16-18,21,28H,1-2,7-9,12-15,19H2,3-5H3/b22-17+,23-16+. The van der Waals surface area contributed by atoms with Gasteiger partial charge in [0.15, 0.2) is 0 Å². The predicted octanol–water partition coefficient (Wildman–Crippen LogP) is 5.57. The number of anilines is 2. The van der Waals surface area contributed by atoms with Crippen LogP contribution in [0.25, 0.3) is 0 Å². The molecular formula is C26H37FN4S. The highest BCUT2D eigenvalue weighted by Gasteiger charge is 2.19. The molecule has 1 aromatic carbocycles. The number of halogens is 1. The molecule has 6 heteroatoms.